The lowest BCUT2D eigenvalue weighted by atomic mass is 9.44. The molecule has 3 saturated carbocycles. The molecule has 0 heterocycles. The normalized spacial score (nSPS) is 39.5. The van der Waals surface area contributed by atoms with Gasteiger partial charge in [0.15, 0.2) is 0 Å². The summed E-state index contributed by atoms with van der Waals surface area (Å²) in [7, 11) is 3.94. The van der Waals surface area contributed by atoms with Gasteiger partial charge in [0.05, 0.1) is 0 Å². The molecule has 4 aliphatic rings. The van der Waals surface area contributed by atoms with Gasteiger partial charge in [-0.25, -0.2) is 0 Å². The van der Waals surface area contributed by atoms with Crippen LogP contribution in [-0.2, 0) is 0 Å². The Labute approximate surface area is 239 Å². The van der Waals surface area contributed by atoms with Crippen LogP contribution in [0.25, 0.3) is 0 Å². The smallest absolute Gasteiger partial charge is 0.0449 e. The zero-order valence-electron chi connectivity index (χ0n) is 25.9. The van der Waals surface area contributed by atoms with E-state index >= 15 is 0 Å². The minimum Gasteiger partial charge on any atom is -0.403 e. The predicted molar refractivity (Wildman–Crippen MR) is 171 cm³/mol. The molecule has 2 nitrogen and oxygen atoms in total. The Morgan fingerprint density at radius 3 is 2.51 bits per heavy atom. The first kappa shape index (κ1) is 33.0. The maximum atomic E-state index is 5.90. The van der Waals surface area contributed by atoms with Gasteiger partial charge in [0, 0.05) is 22.9 Å². The van der Waals surface area contributed by atoms with Gasteiger partial charge in [0.2, 0.25) is 0 Å². The standard InChI is InChI=1S/C29H50N2S2.2C2H6/c1-6-7-8-19(2)25-11-12-26-24-10-9-21-15-23(33-32-18-22(31)17-30)13-14-28(21,4)27(24)20(3)16-29(25,26)5;2*1-2/h9,17,19-20,23-27H,6-8,10-16,18,30-31H2,1-5H3;2*1-2H3/b22-17-;;. The molecule has 0 aliphatic heterocycles. The summed E-state index contributed by atoms with van der Waals surface area (Å²) in [6.45, 7) is 21.0. The fourth-order valence-corrected chi connectivity index (χ4v) is 12.0. The first-order valence-electron chi connectivity index (χ1n) is 15.9. The molecule has 216 valence electrons. The molecule has 9 unspecified atom stereocenters. The Balaban J connectivity index is 0.00000115. The molecule has 0 radical (unpaired) electrons. The molecule has 0 amide bonds. The van der Waals surface area contributed by atoms with E-state index in [2.05, 4.69) is 40.7 Å². The average molecular weight is 551 g/mol. The molecule has 3 fully saturated rings. The van der Waals surface area contributed by atoms with Crippen LogP contribution in [0.1, 0.15) is 127 Å². The van der Waals surface area contributed by atoms with Gasteiger partial charge in [-0.1, -0.05) is 115 Å². The highest BCUT2D eigenvalue weighted by Crippen LogP contribution is 2.69. The number of fused-ring (bicyclic) bond motifs is 5. The molecule has 0 aromatic carbocycles. The number of hydrogen-bond donors (Lipinski definition) is 2. The molecule has 0 spiro atoms. The predicted octanol–water partition coefficient (Wildman–Crippen LogP) is 10.2. The summed E-state index contributed by atoms with van der Waals surface area (Å²) in [5.41, 5.74) is 15.1. The van der Waals surface area contributed by atoms with E-state index < -0.39 is 0 Å². The van der Waals surface area contributed by atoms with Crippen LogP contribution in [0.5, 0.6) is 0 Å². The second-order valence-electron chi connectivity index (χ2n) is 12.6. The molecule has 9 atom stereocenters. The van der Waals surface area contributed by atoms with Crippen LogP contribution >= 0.6 is 21.6 Å². The summed E-state index contributed by atoms with van der Waals surface area (Å²) in [5.74, 6) is 6.33. The van der Waals surface area contributed by atoms with E-state index in [0.29, 0.717) is 10.8 Å². The maximum absolute atomic E-state index is 5.90. The number of hydrogen-bond acceptors (Lipinski definition) is 4. The van der Waals surface area contributed by atoms with Crippen LogP contribution < -0.4 is 11.5 Å². The van der Waals surface area contributed by atoms with Gasteiger partial charge in [0.1, 0.15) is 0 Å². The van der Waals surface area contributed by atoms with Crippen molar-refractivity contribution in [1.29, 1.82) is 0 Å². The quantitative estimate of drug-likeness (QED) is 0.233. The van der Waals surface area contributed by atoms with Gasteiger partial charge in [-0.15, -0.1) is 0 Å². The minimum atomic E-state index is 0.438. The van der Waals surface area contributed by atoms with E-state index in [0.717, 1.165) is 52.2 Å². The van der Waals surface area contributed by atoms with E-state index in [1.165, 1.54) is 64.2 Å². The molecular weight excluding hydrogens is 489 g/mol. The third-order valence-corrected chi connectivity index (χ3v) is 13.6. The third kappa shape index (κ3) is 6.93. The summed E-state index contributed by atoms with van der Waals surface area (Å²) in [5, 5.41) is 0.732. The van der Waals surface area contributed by atoms with Gasteiger partial charge in [-0.3, -0.25) is 0 Å². The first-order chi connectivity index (χ1) is 17.7. The second kappa shape index (κ2) is 15.0. The third-order valence-electron chi connectivity index (χ3n) is 10.7. The van der Waals surface area contributed by atoms with E-state index in [1.54, 1.807) is 11.8 Å². The van der Waals surface area contributed by atoms with Gasteiger partial charge in [-0.05, 0) is 91.3 Å². The van der Waals surface area contributed by atoms with Crippen LogP contribution in [0.4, 0.5) is 0 Å². The van der Waals surface area contributed by atoms with Gasteiger partial charge < -0.3 is 11.5 Å². The zero-order valence-corrected chi connectivity index (χ0v) is 27.6. The lowest BCUT2D eigenvalue weighted by Crippen LogP contribution is -2.54. The van der Waals surface area contributed by atoms with Gasteiger partial charge in [0.25, 0.3) is 0 Å². The fourth-order valence-electron chi connectivity index (χ4n) is 9.37. The SMILES string of the molecule is CC.CC.CCCCC(C)C1CCC2C3CC=C4CC(SSC/C(N)=C/N)CCC4(C)C3C(C)CC12C. The molecule has 4 rings (SSSR count). The van der Waals surface area contributed by atoms with Crippen LogP contribution in [0.15, 0.2) is 23.5 Å². The van der Waals surface area contributed by atoms with Crippen molar-refractivity contribution in [3.63, 3.8) is 0 Å². The van der Waals surface area contributed by atoms with Crippen LogP contribution in [0.3, 0.4) is 0 Å². The Bertz CT molecular complexity index is 749. The number of allylic oxidation sites excluding steroid dienone is 2. The lowest BCUT2D eigenvalue weighted by Gasteiger charge is -2.61. The summed E-state index contributed by atoms with van der Waals surface area (Å²) >= 11 is 0. The molecule has 0 aromatic rings. The molecule has 4 aliphatic carbocycles. The number of rotatable bonds is 8. The topological polar surface area (TPSA) is 52.0 Å². The van der Waals surface area contributed by atoms with Crippen molar-refractivity contribution in [2.24, 2.45) is 57.8 Å². The van der Waals surface area contributed by atoms with Gasteiger partial charge >= 0.3 is 0 Å². The van der Waals surface area contributed by atoms with Crippen molar-refractivity contribution >= 4 is 21.6 Å². The zero-order chi connectivity index (χ0) is 27.8. The fraction of sp³-hybridized carbons (Fsp3) is 0.879. The highest BCUT2D eigenvalue weighted by molar-refractivity contribution is 8.77. The summed E-state index contributed by atoms with van der Waals surface area (Å²) in [6, 6.07) is 0. The highest BCUT2D eigenvalue weighted by Gasteiger charge is 2.61. The summed E-state index contributed by atoms with van der Waals surface area (Å²) < 4.78 is 0. The van der Waals surface area contributed by atoms with Crippen molar-refractivity contribution in [3.05, 3.63) is 23.5 Å². The molecule has 0 saturated heterocycles. The molecule has 37 heavy (non-hydrogen) atoms. The number of nitrogens with two attached hydrogens (primary N) is 2. The minimum absolute atomic E-state index is 0.438. The molecule has 4 heteroatoms. The van der Waals surface area contributed by atoms with Crippen LogP contribution in [-0.4, -0.2) is 11.0 Å². The molecule has 0 aromatic heterocycles. The molecular formula is C33H62N2S2. The van der Waals surface area contributed by atoms with Crippen molar-refractivity contribution in [2.75, 3.05) is 5.75 Å². The summed E-state index contributed by atoms with van der Waals surface area (Å²) in [4.78, 5) is 0. The van der Waals surface area contributed by atoms with E-state index in [1.807, 2.05) is 49.3 Å². The van der Waals surface area contributed by atoms with Crippen LogP contribution in [0, 0.1) is 46.3 Å². The first-order valence-corrected chi connectivity index (χ1v) is 18.3. The monoisotopic (exact) mass is 550 g/mol. The van der Waals surface area contributed by atoms with Crippen molar-refractivity contribution in [1.82, 2.24) is 0 Å². The lowest BCUT2D eigenvalue weighted by molar-refractivity contribution is -0.0832. The Morgan fingerprint density at radius 1 is 1.16 bits per heavy atom. The summed E-state index contributed by atoms with van der Waals surface area (Å²) in [6.07, 6.45) is 18.3. The Morgan fingerprint density at radius 2 is 1.86 bits per heavy atom. The van der Waals surface area contributed by atoms with Gasteiger partial charge in [-0.2, -0.15) is 0 Å². The highest BCUT2D eigenvalue weighted by atomic mass is 33.1. The van der Waals surface area contributed by atoms with Crippen LogP contribution in [0.2, 0.25) is 0 Å². The van der Waals surface area contributed by atoms with Crippen molar-refractivity contribution in [2.45, 2.75) is 132 Å². The largest absolute Gasteiger partial charge is 0.403 e. The van der Waals surface area contributed by atoms with E-state index in [4.69, 9.17) is 11.5 Å². The molecule has 0 bridgehead atoms. The van der Waals surface area contributed by atoms with Crippen molar-refractivity contribution < 1.29 is 0 Å². The maximum Gasteiger partial charge on any atom is 0.0449 e. The Kier molecular flexibility index (Phi) is 13.3. The number of unbranched alkanes of at least 4 members (excludes halogenated alkanes) is 1. The molecule has 4 N–H and O–H groups in total. The average Bonchev–Trinajstić information content (AvgIpc) is 3.25. The van der Waals surface area contributed by atoms with E-state index in [9.17, 15) is 0 Å². The van der Waals surface area contributed by atoms with Crippen molar-refractivity contribution in [3.8, 4) is 0 Å². The Hall–Kier alpha value is -0.220. The van der Waals surface area contributed by atoms with E-state index in [-0.39, 0.29) is 0 Å². The second-order valence-corrected chi connectivity index (χ2v) is 15.3.